The highest BCUT2D eigenvalue weighted by Crippen LogP contribution is 2.25. The van der Waals surface area contributed by atoms with Crippen LogP contribution in [-0.4, -0.2) is 34.5 Å². The molecule has 1 aliphatic rings. The average molecular weight is 279 g/mol. The highest BCUT2D eigenvalue weighted by Gasteiger charge is 2.35. The summed E-state index contributed by atoms with van der Waals surface area (Å²) in [6.07, 6.45) is 1.23. The van der Waals surface area contributed by atoms with E-state index in [0.717, 1.165) is 0 Å². The van der Waals surface area contributed by atoms with Crippen molar-refractivity contribution in [1.29, 1.82) is 0 Å². The fraction of sp³-hybridized carbons (Fsp3) is 0.467. The minimum atomic E-state index is -0.884. The molecule has 1 saturated heterocycles. The van der Waals surface area contributed by atoms with E-state index in [-0.39, 0.29) is 17.5 Å². The second-order valence-corrected chi connectivity index (χ2v) is 5.29. The van der Waals surface area contributed by atoms with E-state index in [4.69, 9.17) is 5.11 Å². The molecule has 1 fully saturated rings. The molecular formula is C15H18FNO3. The van der Waals surface area contributed by atoms with E-state index in [1.54, 1.807) is 26.0 Å². The van der Waals surface area contributed by atoms with Crippen LogP contribution >= 0.6 is 0 Å². The van der Waals surface area contributed by atoms with E-state index >= 15 is 0 Å². The van der Waals surface area contributed by atoms with Gasteiger partial charge in [0.25, 0.3) is 5.91 Å². The molecule has 0 bridgehead atoms. The van der Waals surface area contributed by atoms with E-state index in [1.165, 1.54) is 11.0 Å². The smallest absolute Gasteiger partial charge is 0.308 e. The molecule has 0 saturated carbocycles. The van der Waals surface area contributed by atoms with E-state index in [2.05, 4.69) is 0 Å². The van der Waals surface area contributed by atoms with Crippen LogP contribution in [0.15, 0.2) is 18.2 Å². The summed E-state index contributed by atoms with van der Waals surface area (Å²) < 4.78 is 13.5. The van der Waals surface area contributed by atoms with Crippen LogP contribution in [0.25, 0.3) is 0 Å². The molecule has 1 aliphatic heterocycles. The Balaban J connectivity index is 2.23. The number of carboxylic acids is 1. The predicted molar refractivity (Wildman–Crippen MR) is 72.0 cm³/mol. The number of hydrogen-bond acceptors (Lipinski definition) is 2. The molecule has 0 aromatic heterocycles. The number of benzene rings is 1. The number of carbonyl (C=O) groups excluding carboxylic acids is 1. The third-order valence-electron chi connectivity index (χ3n) is 3.98. The van der Waals surface area contributed by atoms with Gasteiger partial charge in [0, 0.05) is 18.2 Å². The molecule has 20 heavy (non-hydrogen) atoms. The zero-order valence-corrected chi connectivity index (χ0v) is 11.6. The third kappa shape index (κ3) is 2.66. The summed E-state index contributed by atoms with van der Waals surface area (Å²) in [5.74, 6) is -2.16. The van der Waals surface area contributed by atoms with Gasteiger partial charge in [-0.1, -0.05) is 6.07 Å². The van der Waals surface area contributed by atoms with Gasteiger partial charge < -0.3 is 10.0 Å². The maximum atomic E-state index is 13.5. The van der Waals surface area contributed by atoms with Crippen LogP contribution in [0, 0.1) is 18.7 Å². The summed E-state index contributed by atoms with van der Waals surface area (Å²) in [7, 11) is 0. The van der Waals surface area contributed by atoms with Gasteiger partial charge in [-0.25, -0.2) is 4.39 Å². The fourth-order valence-electron chi connectivity index (χ4n) is 2.65. The lowest BCUT2D eigenvalue weighted by Crippen LogP contribution is -2.49. The van der Waals surface area contributed by atoms with Gasteiger partial charge in [-0.2, -0.15) is 0 Å². The molecule has 1 N–H and O–H groups in total. The topological polar surface area (TPSA) is 57.6 Å². The Kier molecular flexibility index (Phi) is 4.06. The van der Waals surface area contributed by atoms with Crippen LogP contribution in [0.3, 0.4) is 0 Å². The molecule has 1 heterocycles. The van der Waals surface area contributed by atoms with Crippen LogP contribution in [0.1, 0.15) is 35.7 Å². The van der Waals surface area contributed by atoms with Gasteiger partial charge in [-0.05, 0) is 44.4 Å². The normalized spacial score (nSPS) is 22.6. The molecule has 2 rings (SSSR count). The van der Waals surface area contributed by atoms with Crippen molar-refractivity contribution in [3.63, 3.8) is 0 Å². The molecule has 0 aliphatic carbocycles. The second-order valence-electron chi connectivity index (χ2n) is 5.29. The first-order valence-corrected chi connectivity index (χ1v) is 6.71. The van der Waals surface area contributed by atoms with Crippen LogP contribution in [0.5, 0.6) is 0 Å². The van der Waals surface area contributed by atoms with Crippen LogP contribution in [0.2, 0.25) is 0 Å². The minimum absolute atomic E-state index is 0.269. The summed E-state index contributed by atoms with van der Waals surface area (Å²) in [4.78, 5) is 25.1. The Morgan fingerprint density at radius 3 is 2.70 bits per heavy atom. The number of likely N-dealkylation sites (tertiary alicyclic amines) is 1. The number of nitrogens with zero attached hydrogens (tertiary/aromatic N) is 1. The SMILES string of the molecule is Cc1ccc(C(=O)N2CCC[C@@H](C(=O)O)[C@H]2C)cc1F. The molecule has 0 spiro atoms. The van der Waals surface area contributed by atoms with Crippen LogP contribution < -0.4 is 0 Å². The van der Waals surface area contributed by atoms with Gasteiger partial charge in [-0.15, -0.1) is 0 Å². The Hall–Kier alpha value is -1.91. The fourth-order valence-corrected chi connectivity index (χ4v) is 2.65. The number of aryl methyl sites for hydroxylation is 1. The molecule has 1 aromatic carbocycles. The van der Waals surface area contributed by atoms with Crippen molar-refractivity contribution in [3.8, 4) is 0 Å². The van der Waals surface area contributed by atoms with Crippen molar-refractivity contribution in [2.45, 2.75) is 32.7 Å². The van der Waals surface area contributed by atoms with Gasteiger partial charge in [0.05, 0.1) is 5.92 Å². The highest BCUT2D eigenvalue weighted by molar-refractivity contribution is 5.95. The number of carbonyl (C=O) groups is 2. The molecule has 1 aromatic rings. The summed E-state index contributed by atoms with van der Waals surface area (Å²) in [5.41, 5.74) is 0.752. The molecule has 4 nitrogen and oxygen atoms in total. The number of piperidine rings is 1. The van der Waals surface area contributed by atoms with Crippen molar-refractivity contribution in [1.82, 2.24) is 4.90 Å². The Morgan fingerprint density at radius 1 is 1.40 bits per heavy atom. The summed E-state index contributed by atoms with van der Waals surface area (Å²) in [6.45, 7) is 3.88. The van der Waals surface area contributed by atoms with E-state index in [9.17, 15) is 14.0 Å². The van der Waals surface area contributed by atoms with Gasteiger partial charge in [0.1, 0.15) is 5.82 Å². The molecule has 108 valence electrons. The molecule has 5 heteroatoms. The van der Waals surface area contributed by atoms with Crippen molar-refractivity contribution in [2.24, 2.45) is 5.92 Å². The van der Waals surface area contributed by atoms with Crippen molar-refractivity contribution in [3.05, 3.63) is 35.1 Å². The lowest BCUT2D eigenvalue weighted by atomic mass is 9.90. The monoisotopic (exact) mass is 279 g/mol. The number of carboxylic acid groups (broad SMARTS) is 1. The second kappa shape index (κ2) is 5.61. The Morgan fingerprint density at radius 2 is 2.10 bits per heavy atom. The number of amides is 1. The summed E-state index contributed by atoms with van der Waals surface area (Å²) in [6, 6.07) is 3.98. The molecule has 0 unspecified atom stereocenters. The maximum Gasteiger partial charge on any atom is 0.308 e. The quantitative estimate of drug-likeness (QED) is 0.904. The van der Waals surface area contributed by atoms with Crippen molar-refractivity contribution >= 4 is 11.9 Å². The molecule has 2 atom stereocenters. The van der Waals surface area contributed by atoms with Gasteiger partial charge >= 0.3 is 5.97 Å². The van der Waals surface area contributed by atoms with Crippen molar-refractivity contribution < 1.29 is 19.1 Å². The zero-order chi connectivity index (χ0) is 14.9. The largest absolute Gasteiger partial charge is 0.481 e. The predicted octanol–water partition coefficient (Wildman–Crippen LogP) is 2.46. The van der Waals surface area contributed by atoms with Gasteiger partial charge in [-0.3, -0.25) is 9.59 Å². The Bertz CT molecular complexity index is 544. The minimum Gasteiger partial charge on any atom is -0.481 e. The first-order chi connectivity index (χ1) is 9.41. The van der Waals surface area contributed by atoms with E-state index in [0.29, 0.717) is 24.9 Å². The zero-order valence-electron chi connectivity index (χ0n) is 11.6. The van der Waals surface area contributed by atoms with Gasteiger partial charge in [0.2, 0.25) is 0 Å². The molecule has 0 radical (unpaired) electrons. The number of hydrogen-bond donors (Lipinski definition) is 1. The van der Waals surface area contributed by atoms with E-state index < -0.39 is 17.7 Å². The molecule has 1 amide bonds. The maximum absolute atomic E-state index is 13.5. The van der Waals surface area contributed by atoms with E-state index in [1.807, 2.05) is 0 Å². The number of rotatable bonds is 2. The Labute approximate surface area is 117 Å². The van der Waals surface area contributed by atoms with Gasteiger partial charge in [0.15, 0.2) is 0 Å². The third-order valence-corrected chi connectivity index (χ3v) is 3.98. The van der Waals surface area contributed by atoms with Crippen LogP contribution in [0.4, 0.5) is 4.39 Å². The number of aliphatic carboxylic acids is 1. The van der Waals surface area contributed by atoms with Crippen molar-refractivity contribution in [2.75, 3.05) is 6.54 Å². The first kappa shape index (κ1) is 14.5. The standard InChI is InChI=1S/C15H18FNO3/c1-9-5-6-11(8-13(9)16)14(18)17-7-3-4-12(10(17)2)15(19)20/h5-6,8,10,12H,3-4,7H2,1-2H3,(H,19,20)/t10-,12-/m1/s1. The lowest BCUT2D eigenvalue weighted by Gasteiger charge is -2.37. The van der Waals surface area contributed by atoms with Crippen LogP contribution in [-0.2, 0) is 4.79 Å². The molecular weight excluding hydrogens is 261 g/mol. The summed E-state index contributed by atoms with van der Waals surface area (Å²) >= 11 is 0. The summed E-state index contributed by atoms with van der Waals surface area (Å²) in [5, 5.41) is 9.16. The number of halogens is 1. The highest BCUT2D eigenvalue weighted by atomic mass is 19.1. The first-order valence-electron chi connectivity index (χ1n) is 6.71. The average Bonchev–Trinajstić information content (AvgIpc) is 2.41. The lowest BCUT2D eigenvalue weighted by molar-refractivity contribution is -0.144.